The lowest BCUT2D eigenvalue weighted by Gasteiger charge is -2.34. The Balaban J connectivity index is 0.00000220. The van der Waals surface area contributed by atoms with Gasteiger partial charge in [-0.2, -0.15) is 0 Å². The standard InChI is InChI=1S/C14H17ClF2N2O.ClH/c1-14(2-4-18-5-3-14)8-19-13(20)9-6-11(16)12(17)7-10(9)15;/h6-7,18H,2-5,8H2,1H3,(H,19,20);1H. The van der Waals surface area contributed by atoms with Crippen molar-refractivity contribution in [2.75, 3.05) is 19.6 Å². The molecule has 1 amide bonds. The number of nitrogens with one attached hydrogen (secondary N) is 2. The van der Waals surface area contributed by atoms with Crippen LogP contribution in [0.25, 0.3) is 0 Å². The molecule has 0 aliphatic carbocycles. The number of benzene rings is 1. The number of piperidine rings is 1. The Labute approximate surface area is 133 Å². The number of hydrogen-bond donors (Lipinski definition) is 2. The summed E-state index contributed by atoms with van der Waals surface area (Å²) in [6, 6.07) is 1.65. The van der Waals surface area contributed by atoms with Gasteiger partial charge in [0.2, 0.25) is 0 Å². The third-order valence-electron chi connectivity index (χ3n) is 3.74. The number of amides is 1. The van der Waals surface area contributed by atoms with Crippen LogP contribution in [0.5, 0.6) is 0 Å². The minimum atomic E-state index is -1.08. The van der Waals surface area contributed by atoms with Gasteiger partial charge in [0.1, 0.15) is 0 Å². The summed E-state index contributed by atoms with van der Waals surface area (Å²) in [6.07, 6.45) is 1.91. The minimum absolute atomic E-state index is 0. The topological polar surface area (TPSA) is 41.1 Å². The van der Waals surface area contributed by atoms with Gasteiger partial charge in [0.25, 0.3) is 5.91 Å². The summed E-state index contributed by atoms with van der Waals surface area (Å²) >= 11 is 5.78. The van der Waals surface area contributed by atoms with Crippen molar-refractivity contribution >= 4 is 29.9 Å². The first-order valence-corrected chi connectivity index (χ1v) is 6.93. The van der Waals surface area contributed by atoms with Gasteiger partial charge in [0.05, 0.1) is 10.6 Å². The fourth-order valence-electron chi connectivity index (χ4n) is 2.29. The maximum atomic E-state index is 13.2. The molecule has 1 fully saturated rings. The Hall–Kier alpha value is -0.910. The van der Waals surface area contributed by atoms with Crippen molar-refractivity contribution in [1.82, 2.24) is 10.6 Å². The summed E-state index contributed by atoms with van der Waals surface area (Å²) in [5, 5.41) is 5.93. The van der Waals surface area contributed by atoms with Crippen LogP contribution in [-0.2, 0) is 0 Å². The van der Waals surface area contributed by atoms with Crippen LogP contribution in [0.2, 0.25) is 5.02 Å². The van der Waals surface area contributed by atoms with Gasteiger partial charge in [0, 0.05) is 6.54 Å². The Morgan fingerprint density at radius 3 is 2.52 bits per heavy atom. The normalized spacial score (nSPS) is 17.0. The maximum Gasteiger partial charge on any atom is 0.252 e. The number of carbonyl (C=O) groups excluding carboxylic acids is 1. The van der Waals surface area contributed by atoms with Gasteiger partial charge in [0.15, 0.2) is 11.6 Å². The fourth-order valence-corrected chi connectivity index (χ4v) is 2.53. The van der Waals surface area contributed by atoms with Crippen LogP contribution in [0.4, 0.5) is 8.78 Å². The molecule has 0 radical (unpaired) electrons. The summed E-state index contributed by atoms with van der Waals surface area (Å²) in [5.41, 5.74) is -0.0190. The lowest BCUT2D eigenvalue weighted by molar-refractivity contribution is 0.0922. The van der Waals surface area contributed by atoms with Crippen molar-refractivity contribution in [3.63, 3.8) is 0 Å². The molecule has 1 heterocycles. The maximum absolute atomic E-state index is 13.2. The van der Waals surface area contributed by atoms with Gasteiger partial charge in [-0.3, -0.25) is 4.79 Å². The Bertz CT molecular complexity index is 520. The quantitative estimate of drug-likeness (QED) is 0.831. The molecule has 0 bridgehead atoms. The van der Waals surface area contributed by atoms with E-state index in [4.69, 9.17) is 11.6 Å². The van der Waals surface area contributed by atoms with Crippen molar-refractivity contribution < 1.29 is 13.6 Å². The number of halogens is 4. The molecule has 0 aromatic heterocycles. The van der Waals surface area contributed by atoms with E-state index in [1.807, 2.05) is 0 Å². The first kappa shape index (κ1) is 18.1. The smallest absolute Gasteiger partial charge is 0.252 e. The highest BCUT2D eigenvalue weighted by molar-refractivity contribution is 6.33. The van der Waals surface area contributed by atoms with Crippen LogP contribution in [0.1, 0.15) is 30.1 Å². The zero-order valence-corrected chi connectivity index (χ0v) is 13.2. The molecule has 1 aromatic rings. The SMILES string of the molecule is CC1(CNC(=O)c2cc(F)c(F)cc2Cl)CCNCC1.Cl. The van der Waals surface area contributed by atoms with E-state index in [2.05, 4.69) is 17.6 Å². The first-order valence-electron chi connectivity index (χ1n) is 6.55. The van der Waals surface area contributed by atoms with Crippen LogP contribution in [0, 0.1) is 17.0 Å². The molecule has 3 nitrogen and oxygen atoms in total. The first-order chi connectivity index (χ1) is 9.41. The Morgan fingerprint density at radius 2 is 1.90 bits per heavy atom. The Kier molecular flexibility index (Phi) is 6.38. The number of rotatable bonds is 3. The molecule has 1 aliphatic rings. The van der Waals surface area contributed by atoms with Crippen molar-refractivity contribution in [2.45, 2.75) is 19.8 Å². The van der Waals surface area contributed by atoms with E-state index < -0.39 is 17.5 Å². The van der Waals surface area contributed by atoms with Gasteiger partial charge >= 0.3 is 0 Å². The molecule has 1 aliphatic heterocycles. The van der Waals surface area contributed by atoms with Gasteiger partial charge in [-0.1, -0.05) is 18.5 Å². The fraction of sp³-hybridized carbons (Fsp3) is 0.500. The summed E-state index contributed by atoms with van der Waals surface area (Å²) in [7, 11) is 0. The van der Waals surface area contributed by atoms with Gasteiger partial charge in [-0.25, -0.2) is 8.78 Å². The lowest BCUT2D eigenvalue weighted by Crippen LogP contribution is -2.43. The average molecular weight is 339 g/mol. The second-order valence-electron chi connectivity index (χ2n) is 5.49. The predicted octanol–water partition coefficient (Wildman–Crippen LogP) is 3.16. The van der Waals surface area contributed by atoms with Gasteiger partial charge < -0.3 is 10.6 Å². The summed E-state index contributed by atoms with van der Waals surface area (Å²) < 4.78 is 26.1. The van der Waals surface area contributed by atoms with E-state index in [1.54, 1.807) is 0 Å². The largest absolute Gasteiger partial charge is 0.351 e. The predicted molar refractivity (Wildman–Crippen MR) is 81.2 cm³/mol. The van der Waals surface area contributed by atoms with E-state index in [-0.39, 0.29) is 28.4 Å². The monoisotopic (exact) mass is 338 g/mol. The molecule has 0 saturated carbocycles. The van der Waals surface area contributed by atoms with Gasteiger partial charge in [-0.15, -0.1) is 12.4 Å². The molecule has 118 valence electrons. The van der Waals surface area contributed by atoms with Crippen LogP contribution in [0.15, 0.2) is 12.1 Å². The zero-order valence-electron chi connectivity index (χ0n) is 11.6. The zero-order chi connectivity index (χ0) is 14.8. The molecule has 1 saturated heterocycles. The third-order valence-corrected chi connectivity index (χ3v) is 4.05. The van der Waals surface area contributed by atoms with E-state index in [9.17, 15) is 13.6 Å². The third kappa shape index (κ3) is 4.53. The molecular weight excluding hydrogens is 321 g/mol. The Morgan fingerprint density at radius 1 is 1.33 bits per heavy atom. The van der Waals surface area contributed by atoms with Crippen molar-refractivity contribution in [3.8, 4) is 0 Å². The second kappa shape index (κ2) is 7.38. The van der Waals surface area contributed by atoms with Crippen molar-refractivity contribution in [2.24, 2.45) is 5.41 Å². The number of carbonyl (C=O) groups is 1. The molecule has 2 N–H and O–H groups in total. The van der Waals surface area contributed by atoms with Crippen LogP contribution >= 0.6 is 24.0 Å². The number of hydrogen-bond acceptors (Lipinski definition) is 2. The molecule has 7 heteroatoms. The highest BCUT2D eigenvalue weighted by atomic mass is 35.5. The van der Waals surface area contributed by atoms with Crippen molar-refractivity contribution in [1.29, 1.82) is 0 Å². The minimum Gasteiger partial charge on any atom is -0.351 e. The highest BCUT2D eigenvalue weighted by Gasteiger charge is 2.27. The summed E-state index contributed by atoms with van der Waals surface area (Å²) in [5.74, 6) is -2.61. The van der Waals surface area contributed by atoms with Crippen LogP contribution in [0.3, 0.4) is 0 Å². The molecule has 2 rings (SSSR count). The summed E-state index contributed by atoms with van der Waals surface area (Å²) in [4.78, 5) is 12.0. The molecule has 1 aromatic carbocycles. The van der Waals surface area contributed by atoms with E-state index in [1.165, 1.54) is 0 Å². The van der Waals surface area contributed by atoms with E-state index in [0.29, 0.717) is 6.54 Å². The molecule has 0 atom stereocenters. The van der Waals surface area contributed by atoms with Gasteiger partial charge in [-0.05, 0) is 43.5 Å². The van der Waals surface area contributed by atoms with E-state index in [0.717, 1.165) is 38.1 Å². The molecule has 0 unspecified atom stereocenters. The summed E-state index contributed by atoms with van der Waals surface area (Å²) in [6.45, 7) is 4.42. The van der Waals surface area contributed by atoms with Crippen LogP contribution in [-0.4, -0.2) is 25.5 Å². The second-order valence-corrected chi connectivity index (χ2v) is 5.90. The van der Waals surface area contributed by atoms with Crippen molar-refractivity contribution in [3.05, 3.63) is 34.4 Å². The molecule has 21 heavy (non-hydrogen) atoms. The molecule has 0 spiro atoms. The molecular formula is C14H18Cl2F2N2O. The average Bonchev–Trinajstić information content (AvgIpc) is 2.41. The van der Waals surface area contributed by atoms with E-state index >= 15 is 0 Å². The van der Waals surface area contributed by atoms with Crippen LogP contribution < -0.4 is 10.6 Å². The highest BCUT2D eigenvalue weighted by Crippen LogP contribution is 2.27. The lowest BCUT2D eigenvalue weighted by atomic mass is 9.81.